The number of hydrogen-bond donors (Lipinski definition) is 1. The van der Waals surface area contributed by atoms with Crippen LogP contribution in [0.2, 0.25) is 0 Å². The lowest BCUT2D eigenvalue weighted by molar-refractivity contribution is 0.402. The molecule has 2 heteroatoms. The fourth-order valence-electron chi connectivity index (χ4n) is 2.97. The Labute approximate surface area is 135 Å². The Balaban J connectivity index is 2.19. The molecule has 2 nitrogen and oxygen atoms in total. The van der Waals surface area contributed by atoms with Gasteiger partial charge in [0.15, 0.2) is 0 Å². The van der Waals surface area contributed by atoms with E-state index in [-0.39, 0.29) is 0 Å². The highest BCUT2D eigenvalue weighted by molar-refractivity contribution is 5.64. The first-order chi connectivity index (χ1) is 10.6. The first-order valence-electron chi connectivity index (χ1n) is 8.18. The smallest absolute Gasteiger partial charge is 0.0227 e. The van der Waals surface area contributed by atoms with Crippen LogP contribution in [0, 0.1) is 0 Å². The summed E-state index contributed by atoms with van der Waals surface area (Å²) >= 11 is 0. The highest BCUT2D eigenvalue weighted by atomic mass is 15.0. The summed E-state index contributed by atoms with van der Waals surface area (Å²) < 4.78 is 0. The van der Waals surface area contributed by atoms with Crippen molar-refractivity contribution in [3.63, 3.8) is 0 Å². The van der Waals surface area contributed by atoms with E-state index in [1.165, 1.54) is 22.3 Å². The van der Waals surface area contributed by atoms with Gasteiger partial charge in [0.05, 0.1) is 0 Å². The normalized spacial score (nSPS) is 12.6. The van der Waals surface area contributed by atoms with Gasteiger partial charge in [0.2, 0.25) is 0 Å². The second kappa shape index (κ2) is 8.11. The van der Waals surface area contributed by atoms with Crippen molar-refractivity contribution in [3.8, 4) is 11.1 Å². The molecule has 2 rings (SSSR count). The summed E-state index contributed by atoms with van der Waals surface area (Å²) in [7, 11) is 4.20. The fraction of sp³-hybridized carbons (Fsp3) is 0.400. The van der Waals surface area contributed by atoms with Crippen molar-refractivity contribution in [2.24, 2.45) is 5.73 Å². The molecule has 0 aromatic heterocycles. The van der Waals surface area contributed by atoms with Crippen molar-refractivity contribution >= 4 is 0 Å². The molecule has 0 saturated heterocycles. The molecule has 2 aromatic carbocycles. The quantitative estimate of drug-likeness (QED) is 0.827. The maximum Gasteiger partial charge on any atom is 0.0227 e. The molecule has 0 bridgehead atoms. The molecule has 0 amide bonds. The van der Waals surface area contributed by atoms with Crippen LogP contribution in [0.4, 0.5) is 0 Å². The minimum Gasteiger partial charge on any atom is -0.330 e. The number of hydrogen-bond acceptors (Lipinski definition) is 2. The Morgan fingerprint density at radius 1 is 1.00 bits per heavy atom. The Kier molecular flexibility index (Phi) is 6.17. The highest BCUT2D eigenvalue weighted by Gasteiger charge is 2.08. The lowest BCUT2D eigenvalue weighted by Crippen LogP contribution is -2.10. The number of benzene rings is 2. The molecule has 0 heterocycles. The topological polar surface area (TPSA) is 29.3 Å². The predicted molar refractivity (Wildman–Crippen MR) is 96.0 cm³/mol. The van der Waals surface area contributed by atoms with Crippen molar-refractivity contribution in [2.75, 3.05) is 20.6 Å². The Morgan fingerprint density at radius 2 is 1.73 bits per heavy atom. The highest BCUT2D eigenvalue weighted by Crippen LogP contribution is 2.27. The van der Waals surface area contributed by atoms with Crippen molar-refractivity contribution in [1.82, 2.24) is 4.90 Å². The van der Waals surface area contributed by atoms with E-state index in [4.69, 9.17) is 5.73 Å². The second-order valence-corrected chi connectivity index (χ2v) is 6.24. The lowest BCUT2D eigenvalue weighted by Gasteiger charge is -2.15. The summed E-state index contributed by atoms with van der Waals surface area (Å²) in [5.41, 5.74) is 11.0. The largest absolute Gasteiger partial charge is 0.330 e. The van der Waals surface area contributed by atoms with E-state index in [1.807, 2.05) is 0 Å². The Hall–Kier alpha value is -1.64. The Morgan fingerprint density at radius 3 is 2.32 bits per heavy atom. The summed E-state index contributed by atoms with van der Waals surface area (Å²) in [6, 6.07) is 17.8. The minimum atomic E-state index is 0.583. The zero-order valence-electron chi connectivity index (χ0n) is 14.0. The molecule has 0 fully saturated rings. The van der Waals surface area contributed by atoms with Gasteiger partial charge < -0.3 is 10.6 Å². The van der Waals surface area contributed by atoms with Crippen LogP contribution in [-0.2, 0) is 6.54 Å². The van der Waals surface area contributed by atoms with Gasteiger partial charge in [0.25, 0.3) is 0 Å². The molecule has 0 spiro atoms. The van der Waals surface area contributed by atoms with E-state index in [2.05, 4.69) is 74.4 Å². The second-order valence-electron chi connectivity index (χ2n) is 6.24. The van der Waals surface area contributed by atoms with Crippen LogP contribution in [-0.4, -0.2) is 25.5 Å². The first-order valence-corrected chi connectivity index (χ1v) is 8.18. The summed E-state index contributed by atoms with van der Waals surface area (Å²) in [6.07, 6.45) is 2.21. The van der Waals surface area contributed by atoms with Gasteiger partial charge in [-0.25, -0.2) is 0 Å². The monoisotopic (exact) mass is 296 g/mol. The number of rotatable bonds is 7. The summed E-state index contributed by atoms with van der Waals surface area (Å²) in [5.74, 6) is 0.583. The van der Waals surface area contributed by atoms with E-state index in [9.17, 15) is 0 Å². The fourth-order valence-corrected chi connectivity index (χ4v) is 2.97. The average Bonchev–Trinajstić information content (AvgIpc) is 2.52. The molecule has 0 aliphatic heterocycles. The van der Waals surface area contributed by atoms with Crippen LogP contribution >= 0.6 is 0 Å². The molecular formula is C20H28N2. The lowest BCUT2D eigenvalue weighted by atomic mass is 9.91. The maximum atomic E-state index is 5.72. The van der Waals surface area contributed by atoms with Gasteiger partial charge in [-0.15, -0.1) is 0 Å². The third-order valence-corrected chi connectivity index (χ3v) is 4.15. The van der Waals surface area contributed by atoms with Crippen molar-refractivity contribution in [1.29, 1.82) is 0 Å². The molecule has 2 aromatic rings. The summed E-state index contributed by atoms with van der Waals surface area (Å²) in [6.45, 7) is 3.96. The van der Waals surface area contributed by atoms with Crippen LogP contribution < -0.4 is 5.73 Å². The van der Waals surface area contributed by atoms with Gasteiger partial charge in [-0.3, -0.25) is 0 Å². The molecule has 0 saturated carbocycles. The van der Waals surface area contributed by atoms with Crippen molar-refractivity contribution in [3.05, 3.63) is 59.7 Å². The molecule has 118 valence electrons. The van der Waals surface area contributed by atoms with Crippen molar-refractivity contribution < 1.29 is 0 Å². The van der Waals surface area contributed by atoms with Crippen LogP contribution in [0.3, 0.4) is 0 Å². The standard InChI is InChI=1S/C20H28N2/c1-4-17(12-13-21)18-8-10-19(11-9-18)20-7-5-6-16(14-20)15-22(2)3/h5-11,14,17H,4,12-13,15,21H2,1-3H3. The molecule has 0 radical (unpaired) electrons. The molecule has 1 atom stereocenters. The summed E-state index contributed by atoms with van der Waals surface area (Å²) in [5, 5.41) is 0. The van der Waals surface area contributed by atoms with Gasteiger partial charge in [-0.05, 0) is 67.7 Å². The van der Waals surface area contributed by atoms with Crippen LogP contribution in [0.1, 0.15) is 36.8 Å². The number of nitrogens with two attached hydrogens (primary N) is 1. The maximum absolute atomic E-state index is 5.72. The van der Waals surface area contributed by atoms with Crippen LogP contribution in [0.25, 0.3) is 11.1 Å². The van der Waals surface area contributed by atoms with Crippen LogP contribution in [0.15, 0.2) is 48.5 Å². The molecule has 0 aliphatic rings. The zero-order valence-corrected chi connectivity index (χ0v) is 14.0. The van der Waals surface area contributed by atoms with E-state index in [0.29, 0.717) is 5.92 Å². The van der Waals surface area contributed by atoms with E-state index >= 15 is 0 Å². The van der Waals surface area contributed by atoms with Crippen molar-refractivity contribution in [2.45, 2.75) is 32.2 Å². The van der Waals surface area contributed by atoms with Crippen LogP contribution in [0.5, 0.6) is 0 Å². The minimum absolute atomic E-state index is 0.583. The van der Waals surface area contributed by atoms with Gasteiger partial charge in [0.1, 0.15) is 0 Å². The third kappa shape index (κ3) is 4.43. The Bertz CT molecular complexity index is 573. The van der Waals surface area contributed by atoms with Gasteiger partial charge in [-0.2, -0.15) is 0 Å². The first kappa shape index (κ1) is 16.7. The van der Waals surface area contributed by atoms with Gasteiger partial charge in [0, 0.05) is 6.54 Å². The molecule has 0 aliphatic carbocycles. The molecule has 2 N–H and O–H groups in total. The van der Waals surface area contributed by atoms with Gasteiger partial charge in [-0.1, -0.05) is 49.4 Å². The van der Waals surface area contributed by atoms with E-state index in [1.54, 1.807) is 0 Å². The molecule has 22 heavy (non-hydrogen) atoms. The molecular weight excluding hydrogens is 268 g/mol. The average molecular weight is 296 g/mol. The predicted octanol–water partition coefficient (Wildman–Crippen LogP) is 4.26. The van der Waals surface area contributed by atoms with E-state index in [0.717, 1.165) is 25.9 Å². The van der Waals surface area contributed by atoms with Gasteiger partial charge >= 0.3 is 0 Å². The SMILES string of the molecule is CCC(CCN)c1ccc(-c2cccc(CN(C)C)c2)cc1. The third-order valence-electron chi connectivity index (χ3n) is 4.15. The number of nitrogens with zero attached hydrogens (tertiary/aromatic N) is 1. The van der Waals surface area contributed by atoms with E-state index < -0.39 is 0 Å². The molecule has 1 unspecified atom stereocenters. The zero-order chi connectivity index (χ0) is 15.9. The summed E-state index contributed by atoms with van der Waals surface area (Å²) in [4.78, 5) is 2.20.